The van der Waals surface area contributed by atoms with Crippen molar-refractivity contribution in [2.75, 3.05) is 6.26 Å². The van der Waals surface area contributed by atoms with Crippen LogP contribution in [0.4, 0.5) is 0 Å². The number of nitrogens with one attached hydrogen (secondary N) is 1. The number of hydrogen-bond donors (Lipinski definition) is 2. The molecule has 4 nitrogen and oxygen atoms in total. The predicted octanol–water partition coefficient (Wildman–Crippen LogP) is 2.45. The van der Waals surface area contributed by atoms with Crippen molar-refractivity contribution in [3.05, 3.63) is 34.9 Å². The zero-order valence-corrected chi connectivity index (χ0v) is 13.1. The van der Waals surface area contributed by atoms with Crippen LogP contribution in [0.3, 0.4) is 0 Å². The van der Waals surface area contributed by atoms with Crippen molar-refractivity contribution in [3.63, 3.8) is 0 Å². The van der Waals surface area contributed by atoms with Gasteiger partial charge in [-0.1, -0.05) is 36.2 Å². The topological polar surface area (TPSA) is 72.2 Å². The minimum absolute atomic E-state index is 0.103. The third-order valence-electron chi connectivity index (χ3n) is 4.16. The molecule has 3 atom stereocenters. The highest BCUT2D eigenvalue weighted by Crippen LogP contribution is 2.38. The number of rotatable bonds is 4. The standard InChI is InChI=1S/C14H21ClN2O2S/c1-20(18,19)11-6-4-5-10(9-11)14(17-16)12-7-2-3-8-13(12)15/h2-3,7-8,10-11,14,17H,4-6,9,16H2,1H3. The second-order valence-corrected chi connectivity index (χ2v) is 8.28. The molecule has 1 aliphatic carbocycles. The van der Waals surface area contributed by atoms with Crippen molar-refractivity contribution >= 4 is 21.4 Å². The molecule has 0 aromatic heterocycles. The van der Waals surface area contributed by atoms with Crippen molar-refractivity contribution in [2.24, 2.45) is 11.8 Å². The van der Waals surface area contributed by atoms with E-state index in [1.807, 2.05) is 24.3 Å². The summed E-state index contributed by atoms with van der Waals surface area (Å²) in [6, 6.07) is 7.46. The van der Waals surface area contributed by atoms with Crippen LogP contribution in [0.2, 0.25) is 5.02 Å². The highest BCUT2D eigenvalue weighted by atomic mass is 35.5. The second-order valence-electron chi connectivity index (χ2n) is 5.54. The van der Waals surface area contributed by atoms with E-state index >= 15 is 0 Å². The van der Waals surface area contributed by atoms with Crippen LogP contribution in [0.1, 0.15) is 37.3 Å². The van der Waals surface area contributed by atoms with Crippen molar-refractivity contribution in [1.82, 2.24) is 5.43 Å². The number of nitrogens with two attached hydrogens (primary N) is 1. The van der Waals surface area contributed by atoms with Crippen LogP contribution in [0.5, 0.6) is 0 Å². The molecule has 112 valence electrons. The molecular weight excluding hydrogens is 296 g/mol. The summed E-state index contributed by atoms with van der Waals surface area (Å²) in [4.78, 5) is 0. The molecule has 1 aromatic rings. The molecule has 0 saturated heterocycles. The molecule has 3 N–H and O–H groups in total. The normalized spacial score (nSPS) is 25.4. The van der Waals surface area contributed by atoms with Crippen molar-refractivity contribution in [2.45, 2.75) is 37.0 Å². The largest absolute Gasteiger partial charge is 0.271 e. The highest BCUT2D eigenvalue weighted by molar-refractivity contribution is 7.91. The zero-order chi connectivity index (χ0) is 14.8. The average molecular weight is 317 g/mol. The summed E-state index contributed by atoms with van der Waals surface area (Å²) in [6.45, 7) is 0. The third-order valence-corrected chi connectivity index (χ3v) is 6.15. The molecule has 0 bridgehead atoms. The van der Waals surface area contributed by atoms with E-state index in [0.29, 0.717) is 11.4 Å². The molecule has 0 aliphatic heterocycles. The lowest BCUT2D eigenvalue weighted by Crippen LogP contribution is -2.38. The molecule has 1 fully saturated rings. The summed E-state index contributed by atoms with van der Waals surface area (Å²) in [6.07, 6.45) is 4.58. The van der Waals surface area contributed by atoms with Gasteiger partial charge in [0.05, 0.1) is 11.3 Å². The zero-order valence-electron chi connectivity index (χ0n) is 11.5. The first-order chi connectivity index (χ1) is 9.43. The first kappa shape index (κ1) is 15.8. The van der Waals surface area contributed by atoms with Crippen LogP contribution < -0.4 is 11.3 Å². The van der Waals surface area contributed by atoms with Gasteiger partial charge in [0.15, 0.2) is 0 Å². The van der Waals surface area contributed by atoms with Crippen molar-refractivity contribution < 1.29 is 8.42 Å². The predicted molar refractivity (Wildman–Crippen MR) is 82.1 cm³/mol. The molecule has 1 aliphatic rings. The van der Waals surface area contributed by atoms with E-state index in [0.717, 1.165) is 24.8 Å². The van der Waals surface area contributed by atoms with E-state index in [1.165, 1.54) is 6.26 Å². The van der Waals surface area contributed by atoms with Crippen LogP contribution >= 0.6 is 11.6 Å². The maximum Gasteiger partial charge on any atom is 0.150 e. The Balaban J connectivity index is 2.22. The molecule has 2 rings (SSSR count). The van der Waals surface area contributed by atoms with E-state index in [4.69, 9.17) is 17.4 Å². The van der Waals surface area contributed by atoms with E-state index in [2.05, 4.69) is 5.43 Å². The Morgan fingerprint density at radius 1 is 1.35 bits per heavy atom. The Bertz CT molecular complexity index is 562. The van der Waals surface area contributed by atoms with Gasteiger partial charge in [0, 0.05) is 11.3 Å². The van der Waals surface area contributed by atoms with E-state index in [9.17, 15) is 8.42 Å². The minimum atomic E-state index is -2.99. The Labute approximate surface area is 125 Å². The molecule has 0 heterocycles. The Morgan fingerprint density at radius 3 is 2.65 bits per heavy atom. The Hall–Kier alpha value is -0.620. The first-order valence-corrected chi connectivity index (χ1v) is 9.16. The van der Waals surface area contributed by atoms with Gasteiger partial charge >= 0.3 is 0 Å². The molecule has 0 spiro atoms. The molecule has 1 saturated carbocycles. The molecule has 20 heavy (non-hydrogen) atoms. The van der Waals surface area contributed by atoms with Gasteiger partial charge in [-0.15, -0.1) is 0 Å². The Kier molecular flexibility index (Phi) is 5.07. The van der Waals surface area contributed by atoms with Crippen LogP contribution in [-0.4, -0.2) is 19.9 Å². The third kappa shape index (κ3) is 3.52. The lowest BCUT2D eigenvalue weighted by Gasteiger charge is -2.34. The summed E-state index contributed by atoms with van der Waals surface area (Å²) in [5, 5.41) is 0.400. The molecule has 0 radical (unpaired) electrons. The summed E-state index contributed by atoms with van der Waals surface area (Å²) >= 11 is 6.23. The smallest absolute Gasteiger partial charge is 0.150 e. The average Bonchev–Trinajstić information content (AvgIpc) is 2.41. The van der Waals surface area contributed by atoms with Crippen LogP contribution in [0.15, 0.2) is 24.3 Å². The number of benzene rings is 1. The number of halogens is 1. The Morgan fingerprint density at radius 2 is 2.05 bits per heavy atom. The summed E-state index contributed by atoms with van der Waals surface area (Å²) in [5.74, 6) is 5.89. The van der Waals surface area contributed by atoms with Crippen LogP contribution in [0, 0.1) is 5.92 Å². The van der Waals surface area contributed by atoms with Gasteiger partial charge in [-0.2, -0.15) is 0 Å². The van der Waals surface area contributed by atoms with Gasteiger partial charge in [-0.05, 0) is 36.8 Å². The monoisotopic (exact) mass is 316 g/mol. The number of hydrogen-bond acceptors (Lipinski definition) is 4. The lowest BCUT2D eigenvalue weighted by molar-refractivity contribution is 0.274. The van der Waals surface area contributed by atoms with Gasteiger partial charge in [0.2, 0.25) is 0 Å². The van der Waals surface area contributed by atoms with E-state index in [-0.39, 0.29) is 17.2 Å². The fraction of sp³-hybridized carbons (Fsp3) is 0.571. The molecular formula is C14H21ClN2O2S. The van der Waals surface area contributed by atoms with E-state index in [1.54, 1.807) is 0 Å². The summed E-state index contributed by atoms with van der Waals surface area (Å²) in [5.41, 5.74) is 3.76. The SMILES string of the molecule is CS(=O)(=O)C1CCCC(C(NN)c2ccccc2Cl)C1. The molecule has 6 heteroatoms. The van der Waals surface area contributed by atoms with Gasteiger partial charge < -0.3 is 0 Å². The fourth-order valence-electron chi connectivity index (χ4n) is 3.08. The first-order valence-electron chi connectivity index (χ1n) is 6.83. The van der Waals surface area contributed by atoms with Gasteiger partial charge in [-0.25, -0.2) is 8.42 Å². The van der Waals surface area contributed by atoms with Crippen molar-refractivity contribution in [3.8, 4) is 0 Å². The minimum Gasteiger partial charge on any atom is -0.271 e. The molecule has 0 amide bonds. The van der Waals surface area contributed by atoms with Gasteiger partial charge in [-0.3, -0.25) is 11.3 Å². The van der Waals surface area contributed by atoms with Gasteiger partial charge in [0.1, 0.15) is 9.84 Å². The quantitative estimate of drug-likeness (QED) is 0.661. The van der Waals surface area contributed by atoms with E-state index < -0.39 is 9.84 Å². The summed E-state index contributed by atoms with van der Waals surface area (Å²) in [7, 11) is -2.99. The molecule has 1 aromatic carbocycles. The van der Waals surface area contributed by atoms with Crippen LogP contribution in [0.25, 0.3) is 0 Å². The summed E-state index contributed by atoms with van der Waals surface area (Å²) < 4.78 is 23.5. The molecule has 3 unspecified atom stereocenters. The second kappa shape index (κ2) is 6.43. The fourth-order valence-corrected chi connectivity index (χ4v) is 4.52. The van der Waals surface area contributed by atoms with Crippen molar-refractivity contribution in [1.29, 1.82) is 0 Å². The maximum absolute atomic E-state index is 11.8. The van der Waals surface area contributed by atoms with Crippen LogP contribution in [-0.2, 0) is 9.84 Å². The lowest BCUT2D eigenvalue weighted by atomic mass is 9.81. The number of hydrazine groups is 1. The highest BCUT2D eigenvalue weighted by Gasteiger charge is 2.33. The maximum atomic E-state index is 11.8. The number of sulfone groups is 1. The van der Waals surface area contributed by atoms with Gasteiger partial charge in [0.25, 0.3) is 0 Å².